The van der Waals surface area contributed by atoms with Crippen molar-refractivity contribution in [2.45, 2.75) is 11.4 Å². The summed E-state index contributed by atoms with van der Waals surface area (Å²) in [5.74, 6) is -2.88. The molecule has 0 rings (SSSR count). The molecule has 0 spiro atoms. The molecule has 3 N–H and O–H groups in total. The molecule has 0 saturated carbocycles. The summed E-state index contributed by atoms with van der Waals surface area (Å²) in [6.45, 7) is 0. The van der Waals surface area contributed by atoms with Crippen LogP contribution in [0.25, 0.3) is 0 Å². The summed E-state index contributed by atoms with van der Waals surface area (Å²) in [6.07, 6.45) is 0.528. The Hall–Kier alpha value is -0.750. The number of hydrogen-bond donors (Lipinski definition) is 3. The fraction of sp³-hybridized carbons (Fsp3) is 0.600. The topological polar surface area (TPSA) is 94.8 Å². The average molecular weight is 180 g/mol. The summed E-state index contributed by atoms with van der Waals surface area (Å²) in [6, 6.07) is 0. The zero-order valence-corrected chi connectivity index (χ0v) is 6.59. The number of carboxylic acid groups (broad SMARTS) is 2. The van der Waals surface area contributed by atoms with Gasteiger partial charge in [-0.05, 0) is 6.26 Å². The molecule has 1 atom stereocenters. The van der Waals surface area contributed by atoms with Gasteiger partial charge in [0, 0.05) is 0 Å². The van der Waals surface area contributed by atoms with Crippen LogP contribution < -0.4 is 0 Å². The van der Waals surface area contributed by atoms with Crippen molar-refractivity contribution in [3.8, 4) is 0 Å². The first-order chi connectivity index (χ1) is 4.92. The van der Waals surface area contributed by atoms with E-state index in [1.54, 1.807) is 0 Å². The van der Waals surface area contributed by atoms with Crippen LogP contribution in [0.15, 0.2) is 0 Å². The quantitative estimate of drug-likeness (QED) is 0.509. The van der Waals surface area contributed by atoms with Gasteiger partial charge in [0.1, 0.15) is 0 Å². The van der Waals surface area contributed by atoms with Crippen LogP contribution in [-0.2, 0) is 9.59 Å². The lowest BCUT2D eigenvalue weighted by atomic mass is 10.2. The predicted molar refractivity (Wildman–Crippen MR) is 38.4 cm³/mol. The van der Waals surface area contributed by atoms with Crippen LogP contribution in [0, 0.1) is 0 Å². The second-order valence-electron chi connectivity index (χ2n) is 1.86. The molecule has 1 unspecified atom stereocenters. The van der Waals surface area contributed by atoms with Crippen molar-refractivity contribution in [3.05, 3.63) is 0 Å². The first-order valence-electron chi connectivity index (χ1n) is 2.65. The van der Waals surface area contributed by atoms with Gasteiger partial charge < -0.3 is 15.3 Å². The molecule has 5 nitrogen and oxygen atoms in total. The maximum absolute atomic E-state index is 10.3. The molecule has 0 bridgehead atoms. The lowest BCUT2D eigenvalue weighted by Gasteiger charge is -2.17. The van der Waals surface area contributed by atoms with Gasteiger partial charge in [0.15, 0.2) is 0 Å². The predicted octanol–water partition coefficient (Wildman–Crippen LogP) is -0.403. The summed E-state index contributed by atoms with van der Waals surface area (Å²) >= 11 is 0.584. The highest BCUT2D eigenvalue weighted by atomic mass is 32.2. The van der Waals surface area contributed by atoms with Crippen molar-refractivity contribution in [3.63, 3.8) is 0 Å². The van der Waals surface area contributed by atoms with Gasteiger partial charge in [-0.25, -0.2) is 4.79 Å². The minimum atomic E-state index is -2.20. The monoisotopic (exact) mass is 180 g/mol. The molecule has 6 heteroatoms. The first kappa shape index (κ1) is 10.2. The fourth-order valence-corrected chi connectivity index (χ4v) is 0.883. The van der Waals surface area contributed by atoms with E-state index in [0.29, 0.717) is 11.8 Å². The SMILES string of the molecule is CSC(O)(CC(=O)O)C(=O)O. The Morgan fingerprint density at radius 2 is 1.91 bits per heavy atom. The lowest BCUT2D eigenvalue weighted by molar-refractivity contribution is -0.155. The van der Waals surface area contributed by atoms with E-state index in [-0.39, 0.29) is 0 Å². The Kier molecular flexibility index (Phi) is 3.34. The van der Waals surface area contributed by atoms with E-state index in [9.17, 15) is 9.59 Å². The zero-order chi connectivity index (χ0) is 9.07. The average Bonchev–Trinajstić information content (AvgIpc) is 1.86. The van der Waals surface area contributed by atoms with Gasteiger partial charge in [-0.3, -0.25) is 4.79 Å². The maximum atomic E-state index is 10.3. The van der Waals surface area contributed by atoms with Crippen LogP contribution in [0.3, 0.4) is 0 Å². The van der Waals surface area contributed by atoms with Crippen LogP contribution in [0.5, 0.6) is 0 Å². The third-order valence-electron chi connectivity index (χ3n) is 1.06. The molecule has 0 fully saturated rings. The lowest BCUT2D eigenvalue weighted by Crippen LogP contribution is -2.36. The normalized spacial score (nSPS) is 15.5. The van der Waals surface area contributed by atoms with Crippen LogP contribution in [-0.4, -0.2) is 38.4 Å². The highest BCUT2D eigenvalue weighted by Crippen LogP contribution is 2.23. The van der Waals surface area contributed by atoms with Crippen LogP contribution >= 0.6 is 11.8 Å². The van der Waals surface area contributed by atoms with Crippen molar-refractivity contribution in [2.24, 2.45) is 0 Å². The molecule has 0 saturated heterocycles. The van der Waals surface area contributed by atoms with Gasteiger partial charge >= 0.3 is 11.9 Å². The minimum Gasteiger partial charge on any atom is -0.481 e. The van der Waals surface area contributed by atoms with E-state index in [4.69, 9.17) is 15.3 Å². The Labute approximate surface area is 67.0 Å². The third-order valence-corrected chi connectivity index (χ3v) is 2.06. The van der Waals surface area contributed by atoms with Crippen LogP contribution in [0.1, 0.15) is 6.42 Å². The number of thioether (sulfide) groups is 1. The summed E-state index contributed by atoms with van der Waals surface area (Å²) in [5.41, 5.74) is 0. The highest BCUT2D eigenvalue weighted by Gasteiger charge is 2.37. The minimum absolute atomic E-state index is 0.584. The molecule has 0 radical (unpaired) electrons. The first-order valence-corrected chi connectivity index (χ1v) is 3.87. The molecule has 0 aromatic carbocycles. The summed E-state index contributed by atoms with van der Waals surface area (Å²) < 4.78 is 0. The number of carboxylic acids is 2. The largest absolute Gasteiger partial charge is 0.481 e. The zero-order valence-electron chi connectivity index (χ0n) is 5.77. The van der Waals surface area contributed by atoms with E-state index in [0.717, 1.165) is 0 Å². The number of rotatable bonds is 4. The maximum Gasteiger partial charge on any atom is 0.347 e. The van der Waals surface area contributed by atoms with Gasteiger partial charge in [-0.2, -0.15) is 0 Å². The van der Waals surface area contributed by atoms with Gasteiger partial charge in [-0.15, -0.1) is 11.8 Å². The van der Waals surface area contributed by atoms with Gasteiger partial charge in [-0.1, -0.05) is 0 Å². The molecular weight excluding hydrogens is 172 g/mol. The molecule has 0 aliphatic carbocycles. The van der Waals surface area contributed by atoms with E-state index >= 15 is 0 Å². The van der Waals surface area contributed by atoms with Crippen molar-refractivity contribution in [2.75, 3.05) is 6.26 Å². The molecule has 11 heavy (non-hydrogen) atoms. The molecule has 0 aliphatic rings. The van der Waals surface area contributed by atoms with Crippen LogP contribution in [0.2, 0.25) is 0 Å². The number of carbonyl (C=O) groups is 2. The molecule has 0 aromatic heterocycles. The van der Waals surface area contributed by atoms with E-state index in [2.05, 4.69) is 0 Å². The number of hydrogen-bond acceptors (Lipinski definition) is 4. The summed E-state index contributed by atoms with van der Waals surface area (Å²) in [4.78, 5) is 18.1. The Morgan fingerprint density at radius 1 is 1.45 bits per heavy atom. The van der Waals surface area contributed by atoms with Gasteiger partial charge in [0.25, 0.3) is 0 Å². The Morgan fingerprint density at radius 3 is 2.00 bits per heavy atom. The molecule has 64 valence electrons. The standard InChI is InChI=1S/C5H8O5S/c1-11-5(10,4(8)9)2-3(6)7/h10H,2H2,1H3,(H,6,7)(H,8,9). The van der Waals surface area contributed by atoms with Gasteiger partial charge in [0.2, 0.25) is 4.93 Å². The summed E-state index contributed by atoms with van der Waals surface area (Å²) in [7, 11) is 0. The highest BCUT2D eigenvalue weighted by molar-refractivity contribution is 8.00. The second-order valence-corrected chi connectivity index (χ2v) is 2.95. The van der Waals surface area contributed by atoms with Gasteiger partial charge in [0.05, 0.1) is 6.42 Å². The van der Waals surface area contributed by atoms with E-state index < -0.39 is 23.3 Å². The van der Waals surface area contributed by atoms with Crippen molar-refractivity contribution < 1.29 is 24.9 Å². The Balaban J connectivity index is 4.34. The number of aliphatic carboxylic acids is 2. The molecule has 0 aliphatic heterocycles. The van der Waals surface area contributed by atoms with Crippen LogP contribution in [0.4, 0.5) is 0 Å². The van der Waals surface area contributed by atoms with E-state index in [1.165, 1.54) is 6.26 Å². The Bertz CT molecular complexity index is 180. The fourth-order valence-electron chi connectivity index (χ4n) is 0.440. The molecule has 0 amide bonds. The molecule has 0 aromatic rings. The second kappa shape index (κ2) is 3.59. The molecule has 0 heterocycles. The summed E-state index contributed by atoms with van der Waals surface area (Å²) in [5, 5.41) is 25.6. The number of aliphatic hydroxyl groups is 1. The van der Waals surface area contributed by atoms with Crippen molar-refractivity contribution in [1.29, 1.82) is 0 Å². The van der Waals surface area contributed by atoms with E-state index in [1.807, 2.05) is 0 Å². The smallest absolute Gasteiger partial charge is 0.347 e. The van der Waals surface area contributed by atoms with Crippen molar-refractivity contribution in [1.82, 2.24) is 0 Å². The third kappa shape index (κ3) is 2.77. The van der Waals surface area contributed by atoms with Crippen molar-refractivity contribution >= 4 is 23.7 Å². The molecular formula is C5H8O5S.